The topological polar surface area (TPSA) is 55.4 Å². The van der Waals surface area contributed by atoms with E-state index in [9.17, 15) is 9.59 Å². The van der Waals surface area contributed by atoms with Crippen molar-refractivity contribution >= 4 is 33.8 Å². The molecular formula is C16H14BrNO3. The summed E-state index contributed by atoms with van der Waals surface area (Å²) in [6, 6.07) is 12.5. The van der Waals surface area contributed by atoms with Crippen molar-refractivity contribution in [1.82, 2.24) is 0 Å². The van der Waals surface area contributed by atoms with Crippen LogP contribution in [0.25, 0.3) is 0 Å². The summed E-state index contributed by atoms with van der Waals surface area (Å²) in [5, 5.41) is 2.73. The Morgan fingerprint density at radius 2 is 2.05 bits per heavy atom. The zero-order valence-corrected chi connectivity index (χ0v) is 13.0. The Labute approximate surface area is 131 Å². The van der Waals surface area contributed by atoms with Crippen LogP contribution in [0.3, 0.4) is 0 Å². The molecule has 4 nitrogen and oxygen atoms in total. The highest BCUT2D eigenvalue weighted by Crippen LogP contribution is 2.21. The Morgan fingerprint density at radius 1 is 1.29 bits per heavy atom. The molecule has 2 aromatic rings. The van der Waals surface area contributed by atoms with Crippen LogP contribution in [-0.2, 0) is 4.79 Å². The average molecular weight is 348 g/mol. The predicted molar refractivity (Wildman–Crippen MR) is 84.8 cm³/mol. The molecule has 21 heavy (non-hydrogen) atoms. The number of hydrogen-bond donors (Lipinski definition) is 1. The first-order chi connectivity index (χ1) is 10.1. The van der Waals surface area contributed by atoms with Crippen molar-refractivity contribution in [2.45, 2.75) is 6.92 Å². The maximum absolute atomic E-state index is 11.9. The van der Waals surface area contributed by atoms with Gasteiger partial charge in [0.05, 0.1) is 11.3 Å². The summed E-state index contributed by atoms with van der Waals surface area (Å²) in [7, 11) is 0. The SMILES string of the molecule is Cc1ccc(OCC(=O)Nc2ccccc2Br)c(C=O)c1. The minimum atomic E-state index is -0.292. The van der Waals surface area contributed by atoms with Gasteiger partial charge in [0.2, 0.25) is 0 Å². The Bertz CT molecular complexity index is 670. The van der Waals surface area contributed by atoms with Gasteiger partial charge in [-0.25, -0.2) is 0 Å². The number of nitrogens with one attached hydrogen (secondary N) is 1. The highest BCUT2D eigenvalue weighted by atomic mass is 79.9. The molecular weight excluding hydrogens is 334 g/mol. The zero-order valence-electron chi connectivity index (χ0n) is 11.4. The van der Waals surface area contributed by atoms with Gasteiger partial charge in [0.15, 0.2) is 12.9 Å². The van der Waals surface area contributed by atoms with Crippen molar-refractivity contribution in [2.24, 2.45) is 0 Å². The number of rotatable bonds is 5. The Morgan fingerprint density at radius 3 is 2.76 bits per heavy atom. The summed E-state index contributed by atoms with van der Waals surface area (Å²) in [6.07, 6.45) is 0.716. The number of aldehydes is 1. The van der Waals surface area contributed by atoms with E-state index in [0.29, 0.717) is 23.3 Å². The first-order valence-electron chi connectivity index (χ1n) is 6.33. The second-order valence-corrected chi connectivity index (χ2v) is 5.33. The van der Waals surface area contributed by atoms with Crippen LogP contribution in [0.4, 0.5) is 5.69 Å². The number of ether oxygens (including phenoxy) is 1. The van der Waals surface area contributed by atoms with Crippen molar-refractivity contribution in [2.75, 3.05) is 11.9 Å². The first-order valence-corrected chi connectivity index (χ1v) is 7.12. The van der Waals surface area contributed by atoms with E-state index < -0.39 is 0 Å². The Balaban J connectivity index is 1.99. The molecule has 0 fully saturated rings. The van der Waals surface area contributed by atoms with Crippen LogP contribution in [0.15, 0.2) is 46.9 Å². The minimum Gasteiger partial charge on any atom is -0.483 e. The fourth-order valence-corrected chi connectivity index (χ4v) is 2.17. The van der Waals surface area contributed by atoms with Crippen LogP contribution >= 0.6 is 15.9 Å². The fourth-order valence-electron chi connectivity index (χ4n) is 1.78. The second kappa shape index (κ2) is 7.04. The number of carbonyl (C=O) groups excluding carboxylic acids is 2. The quantitative estimate of drug-likeness (QED) is 0.841. The number of aryl methyl sites for hydroxylation is 1. The zero-order chi connectivity index (χ0) is 15.2. The van der Waals surface area contributed by atoms with Crippen LogP contribution in [0, 0.1) is 6.92 Å². The number of para-hydroxylation sites is 1. The molecule has 0 aromatic heterocycles. The molecule has 0 saturated heterocycles. The van der Waals surface area contributed by atoms with E-state index in [2.05, 4.69) is 21.2 Å². The monoisotopic (exact) mass is 347 g/mol. The van der Waals surface area contributed by atoms with Gasteiger partial charge in [-0.15, -0.1) is 0 Å². The lowest BCUT2D eigenvalue weighted by molar-refractivity contribution is -0.118. The maximum atomic E-state index is 11.9. The molecule has 2 rings (SSSR count). The lowest BCUT2D eigenvalue weighted by atomic mass is 10.1. The number of halogens is 1. The van der Waals surface area contributed by atoms with Crippen LogP contribution < -0.4 is 10.1 Å². The van der Waals surface area contributed by atoms with Gasteiger partial charge in [0, 0.05) is 4.47 Å². The lowest BCUT2D eigenvalue weighted by Gasteiger charge is -2.10. The molecule has 0 atom stereocenters. The van der Waals surface area contributed by atoms with E-state index in [1.54, 1.807) is 18.2 Å². The van der Waals surface area contributed by atoms with Gasteiger partial charge >= 0.3 is 0 Å². The number of hydrogen-bond acceptors (Lipinski definition) is 3. The smallest absolute Gasteiger partial charge is 0.262 e. The van der Waals surface area contributed by atoms with Crippen LogP contribution in [-0.4, -0.2) is 18.8 Å². The molecule has 1 N–H and O–H groups in total. The van der Waals surface area contributed by atoms with Gasteiger partial charge in [0.1, 0.15) is 5.75 Å². The van der Waals surface area contributed by atoms with E-state index in [1.807, 2.05) is 31.2 Å². The van der Waals surface area contributed by atoms with Gasteiger partial charge in [-0.3, -0.25) is 9.59 Å². The van der Waals surface area contributed by atoms with Crippen LogP contribution in [0.2, 0.25) is 0 Å². The fraction of sp³-hybridized carbons (Fsp3) is 0.125. The average Bonchev–Trinajstić information content (AvgIpc) is 2.48. The van der Waals surface area contributed by atoms with Crippen LogP contribution in [0.5, 0.6) is 5.75 Å². The van der Waals surface area contributed by atoms with Gasteiger partial charge in [-0.2, -0.15) is 0 Å². The van der Waals surface area contributed by atoms with E-state index in [-0.39, 0.29) is 12.5 Å². The molecule has 2 aromatic carbocycles. The molecule has 0 bridgehead atoms. The minimum absolute atomic E-state index is 0.161. The Kier molecular flexibility index (Phi) is 5.11. The van der Waals surface area contributed by atoms with Crippen molar-refractivity contribution in [1.29, 1.82) is 0 Å². The molecule has 0 spiro atoms. The Hall–Kier alpha value is -2.14. The predicted octanol–water partition coefficient (Wildman–Crippen LogP) is 3.59. The van der Waals surface area contributed by atoms with E-state index >= 15 is 0 Å². The summed E-state index contributed by atoms with van der Waals surface area (Å²) in [5.41, 5.74) is 2.07. The highest BCUT2D eigenvalue weighted by Gasteiger charge is 2.08. The summed E-state index contributed by atoms with van der Waals surface area (Å²) >= 11 is 3.35. The normalized spacial score (nSPS) is 10.0. The van der Waals surface area contributed by atoms with Crippen molar-refractivity contribution in [3.8, 4) is 5.75 Å². The third-order valence-electron chi connectivity index (χ3n) is 2.80. The van der Waals surface area contributed by atoms with Crippen molar-refractivity contribution < 1.29 is 14.3 Å². The number of carbonyl (C=O) groups is 2. The summed E-state index contributed by atoms with van der Waals surface area (Å²) in [6.45, 7) is 1.72. The molecule has 0 radical (unpaired) electrons. The molecule has 0 aliphatic heterocycles. The van der Waals surface area contributed by atoms with Crippen molar-refractivity contribution in [3.05, 3.63) is 58.1 Å². The highest BCUT2D eigenvalue weighted by molar-refractivity contribution is 9.10. The van der Waals surface area contributed by atoms with E-state index in [4.69, 9.17) is 4.74 Å². The standard InChI is InChI=1S/C16H14BrNO3/c1-11-6-7-15(12(8-11)9-19)21-10-16(20)18-14-5-3-2-4-13(14)17/h2-9H,10H2,1H3,(H,18,20). The molecule has 5 heteroatoms. The van der Waals surface area contributed by atoms with E-state index in [1.165, 1.54) is 0 Å². The van der Waals surface area contributed by atoms with E-state index in [0.717, 1.165) is 10.0 Å². The lowest BCUT2D eigenvalue weighted by Crippen LogP contribution is -2.20. The molecule has 1 amide bonds. The van der Waals surface area contributed by atoms with Gasteiger partial charge < -0.3 is 10.1 Å². The molecule has 108 valence electrons. The third-order valence-corrected chi connectivity index (χ3v) is 3.49. The molecule has 0 saturated carbocycles. The first kappa shape index (κ1) is 15.3. The number of benzene rings is 2. The maximum Gasteiger partial charge on any atom is 0.262 e. The summed E-state index contributed by atoms with van der Waals surface area (Å²) in [5.74, 6) is 0.109. The van der Waals surface area contributed by atoms with Gasteiger partial charge in [0.25, 0.3) is 5.91 Å². The summed E-state index contributed by atoms with van der Waals surface area (Å²) in [4.78, 5) is 22.8. The third kappa shape index (κ3) is 4.16. The molecule has 0 aliphatic carbocycles. The second-order valence-electron chi connectivity index (χ2n) is 4.48. The molecule has 0 aliphatic rings. The summed E-state index contributed by atoms with van der Waals surface area (Å²) < 4.78 is 6.19. The van der Waals surface area contributed by atoms with Gasteiger partial charge in [-0.05, 0) is 47.1 Å². The van der Waals surface area contributed by atoms with Gasteiger partial charge in [-0.1, -0.05) is 23.8 Å². The van der Waals surface area contributed by atoms with Crippen molar-refractivity contribution in [3.63, 3.8) is 0 Å². The van der Waals surface area contributed by atoms with Crippen LogP contribution in [0.1, 0.15) is 15.9 Å². The largest absolute Gasteiger partial charge is 0.483 e. The molecule has 0 unspecified atom stereocenters. The number of anilines is 1. The number of amides is 1. The molecule has 0 heterocycles.